The van der Waals surface area contributed by atoms with Gasteiger partial charge in [0.25, 0.3) is 5.91 Å². The maximum absolute atomic E-state index is 13.3. The second-order valence-electron chi connectivity index (χ2n) is 6.87. The molecule has 166 valence electrons. The van der Waals surface area contributed by atoms with Crippen molar-refractivity contribution < 1.29 is 27.2 Å². The third-order valence-corrected chi connectivity index (χ3v) is 4.40. The molecule has 0 saturated heterocycles. The van der Waals surface area contributed by atoms with Crippen molar-refractivity contribution in [2.45, 2.75) is 12.7 Å². The molecule has 0 spiro atoms. The van der Waals surface area contributed by atoms with Gasteiger partial charge in [0.2, 0.25) is 5.91 Å². The molecule has 5 nitrogen and oxygen atoms in total. The third kappa shape index (κ3) is 6.56. The zero-order chi connectivity index (χ0) is 23.1. The Labute approximate surface area is 181 Å². The largest absolute Gasteiger partial charge is 0.416 e. The van der Waals surface area contributed by atoms with Crippen LogP contribution in [0.3, 0.4) is 0 Å². The molecule has 0 unspecified atom stereocenters. The predicted molar refractivity (Wildman–Crippen MR) is 113 cm³/mol. The average molecular weight is 445 g/mol. The van der Waals surface area contributed by atoms with E-state index in [9.17, 15) is 27.2 Å². The summed E-state index contributed by atoms with van der Waals surface area (Å²) in [7, 11) is 0. The molecule has 0 aromatic heterocycles. The molecule has 2 amide bonds. The molecular weight excluding hydrogens is 426 g/mol. The topological polar surface area (TPSA) is 70.2 Å². The number of hydrogen-bond donors (Lipinski definition) is 3. The van der Waals surface area contributed by atoms with Crippen LogP contribution < -0.4 is 16.0 Å². The van der Waals surface area contributed by atoms with Crippen molar-refractivity contribution in [2.24, 2.45) is 0 Å². The molecule has 0 radical (unpaired) electrons. The maximum atomic E-state index is 13.3. The zero-order valence-electron chi connectivity index (χ0n) is 16.7. The SMILES string of the molecule is O=C(CNc1cccc(C(F)(F)F)c1)NCc1cccc(NC(=O)c2cccc(F)c2)c1. The first-order valence-corrected chi connectivity index (χ1v) is 9.54. The summed E-state index contributed by atoms with van der Waals surface area (Å²) in [6.45, 7) is -0.0654. The van der Waals surface area contributed by atoms with Gasteiger partial charge in [-0.3, -0.25) is 9.59 Å². The van der Waals surface area contributed by atoms with Crippen LogP contribution in [0, 0.1) is 5.82 Å². The van der Waals surface area contributed by atoms with E-state index in [4.69, 9.17) is 0 Å². The molecule has 3 aromatic carbocycles. The highest BCUT2D eigenvalue weighted by molar-refractivity contribution is 6.04. The summed E-state index contributed by atoms with van der Waals surface area (Å²) in [6.07, 6.45) is -4.46. The third-order valence-electron chi connectivity index (χ3n) is 4.40. The lowest BCUT2D eigenvalue weighted by Gasteiger charge is -2.11. The monoisotopic (exact) mass is 445 g/mol. The maximum Gasteiger partial charge on any atom is 0.416 e. The molecule has 0 heterocycles. The van der Waals surface area contributed by atoms with Crippen LogP contribution in [0.15, 0.2) is 72.8 Å². The van der Waals surface area contributed by atoms with Crippen LogP contribution in [0.4, 0.5) is 28.9 Å². The van der Waals surface area contributed by atoms with Gasteiger partial charge in [0.05, 0.1) is 12.1 Å². The quantitative estimate of drug-likeness (QED) is 0.457. The fraction of sp³-hybridized carbons (Fsp3) is 0.130. The second kappa shape index (κ2) is 9.95. The minimum absolute atomic E-state index is 0.146. The molecule has 3 N–H and O–H groups in total. The summed E-state index contributed by atoms with van der Waals surface area (Å²) in [4.78, 5) is 24.3. The molecule has 32 heavy (non-hydrogen) atoms. The van der Waals surface area contributed by atoms with Crippen molar-refractivity contribution in [3.8, 4) is 0 Å². The van der Waals surface area contributed by atoms with Gasteiger partial charge in [-0.25, -0.2) is 4.39 Å². The lowest BCUT2D eigenvalue weighted by molar-refractivity contribution is -0.137. The minimum Gasteiger partial charge on any atom is -0.376 e. The van der Waals surface area contributed by atoms with Crippen molar-refractivity contribution in [2.75, 3.05) is 17.2 Å². The number of nitrogens with one attached hydrogen (secondary N) is 3. The fourth-order valence-electron chi connectivity index (χ4n) is 2.84. The van der Waals surface area contributed by atoms with Gasteiger partial charge in [0, 0.05) is 23.5 Å². The van der Waals surface area contributed by atoms with Crippen molar-refractivity contribution >= 4 is 23.2 Å². The van der Waals surface area contributed by atoms with Crippen LogP contribution in [-0.4, -0.2) is 18.4 Å². The number of alkyl halides is 3. The Kier molecular flexibility index (Phi) is 7.09. The van der Waals surface area contributed by atoms with E-state index in [1.54, 1.807) is 24.3 Å². The van der Waals surface area contributed by atoms with Gasteiger partial charge in [-0.1, -0.05) is 24.3 Å². The first-order valence-electron chi connectivity index (χ1n) is 9.54. The lowest BCUT2D eigenvalue weighted by atomic mass is 10.1. The van der Waals surface area contributed by atoms with Gasteiger partial charge in [0.15, 0.2) is 0 Å². The zero-order valence-corrected chi connectivity index (χ0v) is 16.7. The van der Waals surface area contributed by atoms with Crippen molar-refractivity contribution in [3.05, 3.63) is 95.3 Å². The fourth-order valence-corrected chi connectivity index (χ4v) is 2.84. The van der Waals surface area contributed by atoms with E-state index in [0.29, 0.717) is 11.3 Å². The second-order valence-corrected chi connectivity index (χ2v) is 6.87. The summed E-state index contributed by atoms with van der Waals surface area (Å²) in [6, 6.07) is 16.6. The standard InChI is InChI=1S/C23H19F4N3O2/c24-18-7-2-5-16(11-18)22(32)30-20-9-1-4-15(10-20)13-29-21(31)14-28-19-8-3-6-17(12-19)23(25,26)27/h1-12,28H,13-14H2,(H,29,31)(H,30,32). The molecule has 0 aliphatic carbocycles. The predicted octanol–water partition coefficient (Wildman–Crippen LogP) is 4.83. The highest BCUT2D eigenvalue weighted by atomic mass is 19.4. The Bertz CT molecular complexity index is 1120. The normalized spacial score (nSPS) is 11.0. The summed E-state index contributed by atoms with van der Waals surface area (Å²) in [5, 5.41) is 7.96. The number of carbonyl (C=O) groups is 2. The van der Waals surface area contributed by atoms with E-state index in [-0.39, 0.29) is 24.3 Å². The van der Waals surface area contributed by atoms with Crippen LogP contribution in [0.2, 0.25) is 0 Å². The van der Waals surface area contributed by atoms with E-state index in [1.165, 1.54) is 30.3 Å². The van der Waals surface area contributed by atoms with Gasteiger partial charge in [-0.2, -0.15) is 13.2 Å². The summed E-state index contributed by atoms with van der Waals surface area (Å²) >= 11 is 0. The van der Waals surface area contributed by atoms with E-state index in [0.717, 1.165) is 18.2 Å². The van der Waals surface area contributed by atoms with E-state index < -0.39 is 29.4 Å². The molecule has 0 aliphatic heterocycles. The summed E-state index contributed by atoms with van der Waals surface area (Å²) in [5.41, 5.74) is 0.698. The smallest absolute Gasteiger partial charge is 0.376 e. The first-order chi connectivity index (χ1) is 15.2. The number of amides is 2. The Hall–Kier alpha value is -3.88. The number of carbonyl (C=O) groups excluding carboxylic acids is 2. The molecule has 0 atom stereocenters. The van der Waals surface area contributed by atoms with E-state index >= 15 is 0 Å². The van der Waals surface area contributed by atoms with Crippen LogP contribution in [0.1, 0.15) is 21.5 Å². The van der Waals surface area contributed by atoms with Gasteiger partial charge in [-0.15, -0.1) is 0 Å². The molecule has 0 aliphatic rings. The highest BCUT2D eigenvalue weighted by Crippen LogP contribution is 2.30. The molecule has 0 saturated carbocycles. The van der Waals surface area contributed by atoms with E-state index in [2.05, 4.69) is 16.0 Å². The minimum atomic E-state index is -4.46. The molecule has 3 aromatic rings. The van der Waals surface area contributed by atoms with Crippen LogP contribution >= 0.6 is 0 Å². The Morgan fingerprint density at radius 2 is 1.56 bits per heavy atom. The van der Waals surface area contributed by atoms with Crippen LogP contribution in [0.5, 0.6) is 0 Å². The van der Waals surface area contributed by atoms with Gasteiger partial charge in [0.1, 0.15) is 5.82 Å². The Morgan fingerprint density at radius 1 is 0.844 bits per heavy atom. The summed E-state index contributed by atoms with van der Waals surface area (Å²) < 4.78 is 51.5. The Morgan fingerprint density at radius 3 is 2.31 bits per heavy atom. The number of anilines is 2. The molecule has 0 fully saturated rings. The lowest BCUT2D eigenvalue weighted by Crippen LogP contribution is -2.29. The van der Waals surface area contributed by atoms with E-state index in [1.807, 2.05) is 0 Å². The Balaban J connectivity index is 1.51. The molecule has 9 heteroatoms. The molecule has 0 bridgehead atoms. The van der Waals surface area contributed by atoms with Crippen molar-refractivity contribution in [3.63, 3.8) is 0 Å². The number of benzene rings is 3. The number of rotatable bonds is 7. The van der Waals surface area contributed by atoms with Gasteiger partial charge in [-0.05, 0) is 54.1 Å². The number of halogens is 4. The first kappa shape index (κ1) is 22.8. The van der Waals surface area contributed by atoms with Crippen LogP contribution in [-0.2, 0) is 17.5 Å². The van der Waals surface area contributed by atoms with Crippen molar-refractivity contribution in [1.82, 2.24) is 5.32 Å². The highest BCUT2D eigenvalue weighted by Gasteiger charge is 2.30. The average Bonchev–Trinajstić information content (AvgIpc) is 2.76. The van der Waals surface area contributed by atoms with Crippen LogP contribution in [0.25, 0.3) is 0 Å². The summed E-state index contributed by atoms with van der Waals surface area (Å²) in [5.74, 6) is -1.42. The molecular formula is C23H19F4N3O2. The van der Waals surface area contributed by atoms with Gasteiger partial charge < -0.3 is 16.0 Å². The van der Waals surface area contributed by atoms with Gasteiger partial charge >= 0.3 is 6.18 Å². The molecule has 3 rings (SSSR count). The van der Waals surface area contributed by atoms with Crippen molar-refractivity contribution in [1.29, 1.82) is 0 Å². The number of hydrogen-bond acceptors (Lipinski definition) is 3.